The van der Waals surface area contributed by atoms with Crippen LogP contribution in [-0.4, -0.2) is 30.6 Å². The van der Waals surface area contributed by atoms with Gasteiger partial charge in [-0.3, -0.25) is 0 Å². The van der Waals surface area contributed by atoms with Crippen LogP contribution in [0.5, 0.6) is 0 Å². The molecule has 2 nitrogen and oxygen atoms in total. The lowest BCUT2D eigenvalue weighted by atomic mass is 10.0. The van der Waals surface area contributed by atoms with Gasteiger partial charge in [-0.1, -0.05) is 13.0 Å². The molecule has 1 heterocycles. The molecule has 13 heavy (non-hydrogen) atoms. The van der Waals surface area contributed by atoms with E-state index in [-0.39, 0.29) is 12.0 Å². The Morgan fingerprint density at radius 1 is 1.54 bits per heavy atom. The molecule has 0 bridgehead atoms. The number of aliphatic hydroxyl groups excluding tert-OH is 1. The molecule has 0 spiro atoms. The lowest BCUT2D eigenvalue weighted by molar-refractivity contribution is 0.103. The van der Waals surface area contributed by atoms with Gasteiger partial charge in [0.05, 0.1) is 6.10 Å². The molecule has 1 rings (SSSR count). The Hall–Kier alpha value is -0.380. The zero-order valence-electron chi connectivity index (χ0n) is 8.40. The number of hydrogen-bond acceptors (Lipinski definition) is 3. The highest BCUT2D eigenvalue weighted by molar-refractivity contribution is 7.10. The van der Waals surface area contributed by atoms with E-state index in [2.05, 4.69) is 11.8 Å². The maximum atomic E-state index is 9.91. The molecule has 0 fully saturated rings. The molecule has 1 aromatic heterocycles. The summed E-state index contributed by atoms with van der Waals surface area (Å²) in [5, 5.41) is 11.9. The minimum Gasteiger partial charge on any atom is -0.387 e. The van der Waals surface area contributed by atoms with Gasteiger partial charge in [-0.15, -0.1) is 11.3 Å². The second-order valence-electron chi connectivity index (χ2n) is 3.70. The zero-order chi connectivity index (χ0) is 9.84. The zero-order valence-corrected chi connectivity index (χ0v) is 9.21. The van der Waals surface area contributed by atoms with Crippen molar-refractivity contribution >= 4 is 11.3 Å². The highest BCUT2D eigenvalue weighted by Crippen LogP contribution is 2.25. The third kappa shape index (κ3) is 3.10. The van der Waals surface area contributed by atoms with Crippen LogP contribution in [0.25, 0.3) is 0 Å². The number of nitrogens with zero attached hydrogens (tertiary/aromatic N) is 1. The van der Waals surface area contributed by atoms with Crippen LogP contribution in [0.15, 0.2) is 17.5 Å². The molecule has 0 aliphatic carbocycles. The summed E-state index contributed by atoms with van der Waals surface area (Å²) in [5.74, 6) is 0.286. The first-order valence-corrected chi connectivity index (χ1v) is 5.35. The van der Waals surface area contributed by atoms with Gasteiger partial charge in [0.1, 0.15) is 0 Å². The fraction of sp³-hybridized carbons (Fsp3) is 0.600. The summed E-state index contributed by atoms with van der Waals surface area (Å²) in [6.07, 6.45) is -0.317. The number of hydrogen-bond donors (Lipinski definition) is 1. The minimum absolute atomic E-state index is 0.286. The van der Waals surface area contributed by atoms with Gasteiger partial charge in [0.15, 0.2) is 0 Å². The summed E-state index contributed by atoms with van der Waals surface area (Å²) in [7, 11) is 4.05. The number of thiophene rings is 1. The first kappa shape index (κ1) is 10.7. The summed E-state index contributed by atoms with van der Waals surface area (Å²) in [6, 6.07) is 3.97. The Balaban J connectivity index is 2.52. The van der Waals surface area contributed by atoms with E-state index in [1.165, 1.54) is 0 Å². The average molecular weight is 199 g/mol. The fourth-order valence-corrected chi connectivity index (χ4v) is 2.26. The van der Waals surface area contributed by atoms with E-state index in [1.807, 2.05) is 31.6 Å². The largest absolute Gasteiger partial charge is 0.387 e. The van der Waals surface area contributed by atoms with E-state index >= 15 is 0 Å². The van der Waals surface area contributed by atoms with Gasteiger partial charge in [0, 0.05) is 11.4 Å². The van der Waals surface area contributed by atoms with Crippen LogP contribution < -0.4 is 0 Å². The predicted molar refractivity (Wildman–Crippen MR) is 57.0 cm³/mol. The van der Waals surface area contributed by atoms with Gasteiger partial charge >= 0.3 is 0 Å². The molecule has 3 heteroatoms. The summed E-state index contributed by atoms with van der Waals surface area (Å²) in [6.45, 7) is 2.99. The standard InChI is InChI=1S/C10H17NOS/c1-8(7-11(2)3)10(12)9-5-4-6-13-9/h4-6,8,10,12H,7H2,1-3H3. The molecular weight excluding hydrogens is 182 g/mol. The SMILES string of the molecule is CC(CN(C)C)C(O)c1cccs1. The first-order chi connectivity index (χ1) is 6.11. The fourth-order valence-electron chi connectivity index (χ4n) is 1.42. The Morgan fingerprint density at radius 3 is 2.69 bits per heavy atom. The van der Waals surface area contributed by atoms with Crippen molar-refractivity contribution < 1.29 is 5.11 Å². The van der Waals surface area contributed by atoms with Crippen molar-refractivity contribution in [1.29, 1.82) is 0 Å². The first-order valence-electron chi connectivity index (χ1n) is 4.47. The van der Waals surface area contributed by atoms with Gasteiger partial charge < -0.3 is 10.0 Å². The lowest BCUT2D eigenvalue weighted by Gasteiger charge is -2.21. The van der Waals surface area contributed by atoms with E-state index in [0.717, 1.165) is 11.4 Å². The molecule has 0 saturated carbocycles. The van der Waals surface area contributed by atoms with Crippen molar-refractivity contribution in [2.45, 2.75) is 13.0 Å². The monoisotopic (exact) mass is 199 g/mol. The molecular formula is C10H17NOS. The van der Waals surface area contributed by atoms with Gasteiger partial charge in [-0.2, -0.15) is 0 Å². The van der Waals surface area contributed by atoms with Crippen LogP contribution in [0.3, 0.4) is 0 Å². The second-order valence-corrected chi connectivity index (χ2v) is 4.68. The topological polar surface area (TPSA) is 23.5 Å². The van der Waals surface area contributed by atoms with E-state index in [9.17, 15) is 5.11 Å². The van der Waals surface area contributed by atoms with E-state index < -0.39 is 0 Å². The van der Waals surface area contributed by atoms with Gasteiger partial charge in [-0.25, -0.2) is 0 Å². The van der Waals surface area contributed by atoms with Crippen LogP contribution in [0, 0.1) is 5.92 Å². The van der Waals surface area contributed by atoms with Crippen LogP contribution in [-0.2, 0) is 0 Å². The van der Waals surface area contributed by atoms with Gasteiger partial charge in [0.25, 0.3) is 0 Å². The molecule has 0 aliphatic rings. The molecule has 0 aliphatic heterocycles. The molecule has 1 N–H and O–H groups in total. The van der Waals surface area contributed by atoms with E-state index in [1.54, 1.807) is 11.3 Å². The molecule has 0 aromatic carbocycles. The van der Waals surface area contributed by atoms with Crippen molar-refractivity contribution in [2.24, 2.45) is 5.92 Å². The smallest absolute Gasteiger partial charge is 0.0919 e. The van der Waals surface area contributed by atoms with Crippen LogP contribution in [0.1, 0.15) is 17.9 Å². The second kappa shape index (κ2) is 4.74. The van der Waals surface area contributed by atoms with E-state index in [4.69, 9.17) is 0 Å². The minimum atomic E-state index is -0.317. The molecule has 0 amide bonds. The lowest BCUT2D eigenvalue weighted by Crippen LogP contribution is -2.23. The molecule has 74 valence electrons. The molecule has 0 radical (unpaired) electrons. The predicted octanol–water partition coefficient (Wildman–Crippen LogP) is 1.98. The van der Waals surface area contributed by atoms with Gasteiger partial charge in [0.2, 0.25) is 0 Å². The van der Waals surface area contributed by atoms with Crippen LogP contribution >= 0.6 is 11.3 Å². The van der Waals surface area contributed by atoms with Crippen molar-refractivity contribution in [2.75, 3.05) is 20.6 Å². The Bertz CT molecular complexity index is 233. The van der Waals surface area contributed by atoms with E-state index in [0.29, 0.717) is 0 Å². The third-order valence-electron chi connectivity index (χ3n) is 2.03. The van der Waals surface area contributed by atoms with Crippen molar-refractivity contribution in [3.05, 3.63) is 22.4 Å². The number of rotatable bonds is 4. The summed E-state index contributed by atoms with van der Waals surface area (Å²) in [5.41, 5.74) is 0. The van der Waals surface area contributed by atoms with Gasteiger partial charge in [-0.05, 0) is 31.5 Å². The number of aliphatic hydroxyl groups is 1. The maximum absolute atomic E-state index is 9.91. The quantitative estimate of drug-likeness (QED) is 0.801. The third-order valence-corrected chi connectivity index (χ3v) is 2.97. The molecule has 2 atom stereocenters. The summed E-state index contributed by atoms with van der Waals surface area (Å²) >= 11 is 1.62. The summed E-state index contributed by atoms with van der Waals surface area (Å²) in [4.78, 5) is 3.16. The Labute approximate surface area is 83.8 Å². The molecule has 0 saturated heterocycles. The normalized spacial score (nSPS) is 16.1. The maximum Gasteiger partial charge on any atom is 0.0919 e. The molecule has 2 unspecified atom stereocenters. The van der Waals surface area contributed by atoms with Crippen molar-refractivity contribution in [3.63, 3.8) is 0 Å². The highest BCUT2D eigenvalue weighted by Gasteiger charge is 2.17. The molecule has 1 aromatic rings. The Kier molecular flexibility index (Phi) is 3.90. The van der Waals surface area contributed by atoms with Crippen LogP contribution in [0.4, 0.5) is 0 Å². The average Bonchev–Trinajstić information content (AvgIpc) is 2.53. The highest BCUT2D eigenvalue weighted by atomic mass is 32.1. The summed E-state index contributed by atoms with van der Waals surface area (Å²) < 4.78 is 0. The van der Waals surface area contributed by atoms with Crippen molar-refractivity contribution in [3.8, 4) is 0 Å². The van der Waals surface area contributed by atoms with Crippen molar-refractivity contribution in [1.82, 2.24) is 4.90 Å². The van der Waals surface area contributed by atoms with Crippen LogP contribution in [0.2, 0.25) is 0 Å². The Morgan fingerprint density at radius 2 is 2.23 bits per heavy atom.